The highest BCUT2D eigenvalue weighted by atomic mass is 32.2. The lowest BCUT2D eigenvalue weighted by Crippen LogP contribution is -2.34. The Kier molecular flexibility index (Phi) is 4.83. The molecule has 1 fully saturated rings. The van der Waals surface area contributed by atoms with E-state index in [9.17, 15) is 8.42 Å². The molecule has 20 heavy (non-hydrogen) atoms. The highest BCUT2D eigenvalue weighted by Gasteiger charge is 2.33. The summed E-state index contributed by atoms with van der Waals surface area (Å²) in [6.45, 7) is 5.60. The Morgan fingerprint density at radius 2 is 1.80 bits per heavy atom. The highest BCUT2D eigenvalue weighted by Crippen LogP contribution is 2.35. The Balaban J connectivity index is 2.06. The van der Waals surface area contributed by atoms with Gasteiger partial charge in [-0.25, -0.2) is 0 Å². The van der Waals surface area contributed by atoms with Crippen molar-refractivity contribution in [3.05, 3.63) is 29.8 Å². The highest BCUT2D eigenvalue weighted by molar-refractivity contribution is 7.86. The van der Waals surface area contributed by atoms with Gasteiger partial charge >= 0.3 is 0 Å². The van der Waals surface area contributed by atoms with E-state index in [-0.39, 0.29) is 16.9 Å². The summed E-state index contributed by atoms with van der Waals surface area (Å²) in [6.07, 6.45) is 2.61. The van der Waals surface area contributed by atoms with Crippen LogP contribution in [0.5, 0.6) is 0 Å². The minimum Gasteiger partial charge on any atom is -0.381 e. The first-order valence-electron chi connectivity index (χ1n) is 7.01. The first-order valence-corrected chi connectivity index (χ1v) is 8.42. The molecule has 0 amide bonds. The maximum Gasteiger partial charge on any atom is 0.296 e. The van der Waals surface area contributed by atoms with Gasteiger partial charge in [0.15, 0.2) is 0 Å². The number of aryl methyl sites for hydroxylation is 1. The molecule has 1 saturated heterocycles. The van der Waals surface area contributed by atoms with E-state index >= 15 is 0 Å². The molecule has 1 aliphatic rings. The number of rotatable bonds is 5. The molecule has 0 aromatic heterocycles. The zero-order valence-corrected chi connectivity index (χ0v) is 12.9. The van der Waals surface area contributed by atoms with Gasteiger partial charge in [0.25, 0.3) is 10.1 Å². The first-order chi connectivity index (χ1) is 9.47. The number of hydrogen-bond acceptors (Lipinski definition) is 4. The zero-order chi connectivity index (χ0) is 14.6. The van der Waals surface area contributed by atoms with Crippen molar-refractivity contribution in [3.8, 4) is 0 Å². The average molecular weight is 298 g/mol. The van der Waals surface area contributed by atoms with E-state index in [1.54, 1.807) is 24.3 Å². The predicted octanol–water partition coefficient (Wildman–Crippen LogP) is 2.91. The molecule has 4 nitrogen and oxygen atoms in total. The molecule has 0 unspecified atom stereocenters. The molecule has 0 spiro atoms. The molecule has 1 heterocycles. The molecule has 2 rings (SSSR count). The Morgan fingerprint density at radius 1 is 1.20 bits per heavy atom. The number of ether oxygens (including phenoxy) is 1. The SMILES string of the molecule is CCC1(COS(=O)(=O)c2ccc(C)cc2)CCOCC1. The fraction of sp³-hybridized carbons (Fsp3) is 0.600. The standard InChI is InChI=1S/C15H22O4S/c1-3-15(8-10-18-11-9-15)12-19-20(16,17)14-6-4-13(2)5-7-14/h4-7H,3,8-12H2,1-2H3. The summed E-state index contributed by atoms with van der Waals surface area (Å²) in [6, 6.07) is 6.74. The Hall–Kier alpha value is -0.910. The van der Waals surface area contributed by atoms with Crippen molar-refractivity contribution in [2.75, 3.05) is 19.8 Å². The van der Waals surface area contributed by atoms with Crippen molar-refractivity contribution in [1.29, 1.82) is 0 Å². The van der Waals surface area contributed by atoms with Gasteiger partial charge in [-0.15, -0.1) is 0 Å². The summed E-state index contributed by atoms with van der Waals surface area (Å²) < 4.78 is 35.0. The fourth-order valence-corrected chi connectivity index (χ4v) is 3.39. The van der Waals surface area contributed by atoms with Crippen molar-refractivity contribution in [2.45, 2.75) is 38.0 Å². The van der Waals surface area contributed by atoms with Crippen molar-refractivity contribution >= 4 is 10.1 Å². The molecule has 0 N–H and O–H groups in total. The van der Waals surface area contributed by atoms with Gasteiger partial charge in [-0.3, -0.25) is 4.18 Å². The second-order valence-electron chi connectivity index (χ2n) is 5.50. The average Bonchev–Trinajstić information content (AvgIpc) is 2.47. The summed E-state index contributed by atoms with van der Waals surface area (Å²) in [7, 11) is -3.67. The number of hydrogen-bond donors (Lipinski definition) is 0. The quantitative estimate of drug-likeness (QED) is 0.784. The molecular weight excluding hydrogens is 276 g/mol. The zero-order valence-electron chi connectivity index (χ0n) is 12.1. The molecule has 1 aromatic carbocycles. The van der Waals surface area contributed by atoms with Gasteiger partial charge in [-0.1, -0.05) is 24.6 Å². The van der Waals surface area contributed by atoms with Crippen molar-refractivity contribution in [1.82, 2.24) is 0 Å². The molecule has 0 radical (unpaired) electrons. The molecule has 0 aliphatic carbocycles. The van der Waals surface area contributed by atoms with E-state index < -0.39 is 10.1 Å². The third-order valence-corrected chi connectivity index (χ3v) is 5.41. The summed E-state index contributed by atoms with van der Waals surface area (Å²) in [5.74, 6) is 0. The van der Waals surface area contributed by atoms with Crippen LogP contribution < -0.4 is 0 Å². The maximum absolute atomic E-state index is 12.2. The fourth-order valence-electron chi connectivity index (χ4n) is 2.38. The van der Waals surface area contributed by atoms with E-state index in [1.165, 1.54) is 0 Å². The van der Waals surface area contributed by atoms with Crippen molar-refractivity contribution in [3.63, 3.8) is 0 Å². The lowest BCUT2D eigenvalue weighted by Gasteiger charge is -2.35. The summed E-state index contributed by atoms with van der Waals surface area (Å²) in [5.41, 5.74) is 0.953. The van der Waals surface area contributed by atoms with Gasteiger partial charge in [-0.05, 0) is 43.7 Å². The van der Waals surface area contributed by atoms with Crippen LogP contribution in [0, 0.1) is 12.3 Å². The lowest BCUT2D eigenvalue weighted by atomic mass is 9.79. The topological polar surface area (TPSA) is 52.6 Å². The van der Waals surface area contributed by atoms with Crippen LogP contribution in [0.2, 0.25) is 0 Å². The van der Waals surface area contributed by atoms with E-state index in [0.29, 0.717) is 13.2 Å². The van der Waals surface area contributed by atoms with Crippen LogP contribution in [0.4, 0.5) is 0 Å². The van der Waals surface area contributed by atoms with E-state index in [4.69, 9.17) is 8.92 Å². The van der Waals surface area contributed by atoms with Crippen LogP contribution >= 0.6 is 0 Å². The molecule has 1 aliphatic heterocycles. The molecule has 1 aromatic rings. The predicted molar refractivity (Wildman–Crippen MR) is 77.1 cm³/mol. The monoisotopic (exact) mass is 298 g/mol. The van der Waals surface area contributed by atoms with Crippen LogP contribution in [0.3, 0.4) is 0 Å². The Morgan fingerprint density at radius 3 is 2.35 bits per heavy atom. The van der Waals surface area contributed by atoms with Crippen molar-refractivity contribution < 1.29 is 17.3 Å². The summed E-state index contributed by atoms with van der Waals surface area (Å²) >= 11 is 0. The van der Waals surface area contributed by atoms with Gasteiger partial charge < -0.3 is 4.74 Å². The molecule has 5 heteroatoms. The molecule has 0 bridgehead atoms. The summed E-state index contributed by atoms with van der Waals surface area (Å²) in [4.78, 5) is 0.224. The minimum absolute atomic E-state index is 0.0734. The van der Waals surface area contributed by atoms with E-state index in [1.807, 2.05) is 6.92 Å². The molecule has 0 saturated carbocycles. The van der Waals surface area contributed by atoms with E-state index in [0.717, 1.165) is 24.8 Å². The van der Waals surface area contributed by atoms with Gasteiger partial charge in [0.05, 0.1) is 11.5 Å². The van der Waals surface area contributed by atoms with Crippen LogP contribution in [0.15, 0.2) is 29.2 Å². The normalized spacial score (nSPS) is 18.9. The molecule has 0 atom stereocenters. The molecule has 112 valence electrons. The van der Waals surface area contributed by atoms with Gasteiger partial charge in [0.1, 0.15) is 0 Å². The summed E-state index contributed by atoms with van der Waals surface area (Å²) in [5, 5.41) is 0. The minimum atomic E-state index is -3.67. The van der Waals surface area contributed by atoms with Gasteiger partial charge in [-0.2, -0.15) is 8.42 Å². The van der Waals surface area contributed by atoms with Gasteiger partial charge in [0, 0.05) is 13.2 Å². The van der Waals surface area contributed by atoms with Crippen LogP contribution in [-0.4, -0.2) is 28.2 Å². The largest absolute Gasteiger partial charge is 0.381 e. The first kappa shape index (κ1) is 15.5. The number of benzene rings is 1. The van der Waals surface area contributed by atoms with Crippen molar-refractivity contribution in [2.24, 2.45) is 5.41 Å². The lowest BCUT2D eigenvalue weighted by molar-refractivity contribution is -0.0108. The Labute approximate surface area is 121 Å². The smallest absolute Gasteiger partial charge is 0.296 e. The maximum atomic E-state index is 12.2. The van der Waals surface area contributed by atoms with Gasteiger partial charge in [0.2, 0.25) is 0 Å². The van der Waals surface area contributed by atoms with Crippen LogP contribution in [0.1, 0.15) is 31.7 Å². The van der Waals surface area contributed by atoms with Crippen LogP contribution in [-0.2, 0) is 19.0 Å². The Bertz CT molecular complexity index is 527. The third kappa shape index (κ3) is 3.59. The van der Waals surface area contributed by atoms with Crippen LogP contribution in [0.25, 0.3) is 0 Å². The second kappa shape index (κ2) is 6.24. The second-order valence-corrected chi connectivity index (χ2v) is 7.11. The molecular formula is C15H22O4S. The third-order valence-electron chi connectivity index (χ3n) is 4.13. The van der Waals surface area contributed by atoms with E-state index in [2.05, 4.69) is 6.92 Å².